The Bertz CT molecular complexity index is 941. The quantitative estimate of drug-likeness (QED) is 0.439. The number of hydrogen-bond acceptors (Lipinski definition) is 6. The van der Waals surface area contributed by atoms with Crippen molar-refractivity contribution < 1.29 is 4.92 Å². The van der Waals surface area contributed by atoms with Gasteiger partial charge in [0.2, 0.25) is 0 Å². The topological polar surface area (TPSA) is 93.3 Å². The van der Waals surface area contributed by atoms with E-state index in [4.69, 9.17) is 11.6 Å². The standard InChI is InChI=1S/C16H12ClN5O2/c1-10(11-6-8-12(9-7-11)22(23)24)18-20-16-14-5-3-2-4-13(14)15(17)19-21-16/h2-9H,1H3,(H,20,21)/b18-10-. The van der Waals surface area contributed by atoms with Crippen LogP contribution in [0.15, 0.2) is 53.6 Å². The number of fused-ring (bicyclic) bond motifs is 1. The second-order valence-corrected chi connectivity index (χ2v) is 5.36. The van der Waals surface area contributed by atoms with Crippen LogP contribution in [0.2, 0.25) is 5.15 Å². The SMILES string of the molecule is C/C(=N/Nc1nnc(Cl)c2ccccc12)c1ccc([N+](=O)[O-])cc1. The molecule has 0 unspecified atom stereocenters. The molecule has 0 bridgehead atoms. The summed E-state index contributed by atoms with van der Waals surface area (Å²) in [4.78, 5) is 10.2. The highest BCUT2D eigenvalue weighted by atomic mass is 35.5. The van der Waals surface area contributed by atoms with E-state index in [-0.39, 0.29) is 5.69 Å². The lowest BCUT2D eigenvalue weighted by atomic mass is 10.1. The minimum atomic E-state index is -0.441. The van der Waals surface area contributed by atoms with E-state index >= 15 is 0 Å². The fourth-order valence-corrected chi connectivity index (χ4v) is 2.38. The van der Waals surface area contributed by atoms with Crippen LogP contribution in [-0.4, -0.2) is 20.8 Å². The zero-order valence-corrected chi connectivity index (χ0v) is 13.4. The molecule has 0 fully saturated rings. The second-order valence-electron chi connectivity index (χ2n) is 5.00. The lowest BCUT2D eigenvalue weighted by Gasteiger charge is -2.06. The van der Waals surface area contributed by atoms with Crippen molar-refractivity contribution in [3.8, 4) is 0 Å². The number of aromatic nitrogens is 2. The predicted molar refractivity (Wildman–Crippen MR) is 93.5 cm³/mol. The average molecular weight is 342 g/mol. The molecule has 0 aliphatic heterocycles. The van der Waals surface area contributed by atoms with Crippen LogP contribution < -0.4 is 5.43 Å². The molecule has 0 spiro atoms. The molecular weight excluding hydrogens is 330 g/mol. The summed E-state index contributed by atoms with van der Waals surface area (Å²) >= 11 is 6.04. The van der Waals surface area contributed by atoms with Crippen LogP contribution in [0.5, 0.6) is 0 Å². The van der Waals surface area contributed by atoms with Gasteiger partial charge in [-0.25, -0.2) is 0 Å². The number of nitro benzene ring substituents is 1. The van der Waals surface area contributed by atoms with Gasteiger partial charge in [-0.15, -0.1) is 10.2 Å². The van der Waals surface area contributed by atoms with Gasteiger partial charge in [0.05, 0.1) is 10.6 Å². The van der Waals surface area contributed by atoms with Gasteiger partial charge in [-0.1, -0.05) is 35.9 Å². The van der Waals surface area contributed by atoms with E-state index in [1.165, 1.54) is 12.1 Å². The lowest BCUT2D eigenvalue weighted by Crippen LogP contribution is -2.02. The first-order valence-electron chi connectivity index (χ1n) is 7.02. The first kappa shape index (κ1) is 15.8. The van der Waals surface area contributed by atoms with Crippen molar-refractivity contribution in [2.24, 2.45) is 5.10 Å². The number of rotatable bonds is 4. The molecule has 120 valence electrons. The Kier molecular flexibility index (Phi) is 4.35. The summed E-state index contributed by atoms with van der Waals surface area (Å²) in [7, 11) is 0. The van der Waals surface area contributed by atoms with Crippen LogP contribution in [0.3, 0.4) is 0 Å². The lowest BCUT2D eigenvalue weighted by molar-refractivity contribution is -0.384. The smallest absolute Gasteiger partial charge is 0.259 e. The maximum atomic E-state index is 10.7. The zero-order valence-electron chi connectivity index (χ0n) is 12.6. The highest BCUT2D eigenvalue weighted by Gasteiger charge is 2.08. The Labute approximate surface area is 142 Å². The van der Waals surface area contributed by atoms with E-state index in [9.17, 15) is 10.1 Å². The molecule has 0 aliphatic carbocycles. The summed E-state index contributed by atoms with van der Waals surface area (Å²) in [5.74, 6) is 0.483. The number of nitrogens with one attached hydrogen (secondary N) is 1. The van der Waals surface area contributed by atoms with Gasteiger partial charge in [0, 0.05) is 22.9 Å². The normalized spacial score (nSPS) is 11.5. The van der Waals surface area contributed by atoms with Crippen molar-refractivity contribution in [1.82, 2.24) is 10.2 Å². The summed E-state index contributed by atoms with van der Waals surface area (Å²) < 4.78 is 0. The van der Waals surface area contributed by atoms with E-state index in [1.54, 1.807) is 19.1 Å². The third-order valence-electron chi connectivity index (χ3n) is 3.47. The van der Waals surface area contributed by atoms with Crippen LogP contribution in [0.1, 0.15) is 12.5 Å². The minimum absolute atomic E-state index is 0.0362. The molecule has 8 heteroatoms. The van der Waals surface area contributed by atoms with Crippen molar-refractivity contribution in [3.63, 3.8) is 0 Å². The molecule has 0 radical (unpaired) electrons. The van der Waals surface area contributed by atoms with Crippen molar-refractivity contribution in [3.05, 3.63) is 69.4 Å². The first-order chi connectivity index (χ1) is 11.6. The minimum Gasteiger partial charge on any atom is -0.259 e. The summed E-state index contributed by atoms with van der Waals surface area (Å²) in [6, 6.07) is 13.6. The van der Waals surface area contributed by atoms with Crippen LogP contribution in [0.4, 0.5) is 11.5 Å². The number of anilines is 1. The van der Waals surface area contributed by atoms with Gasteiger partial charge in [0.1, 0.15) is 0 Å². The molecule has 3 rings (SSSR count). The van der Waals surface area contributed by atoms with Crippen LogP contribution >= 0.6 is 11.6 Å². The molecule has 0 saturated carbocycles. The van der Waals surface area contributed by atoms with Gasteiger partial charge in [0.25, 0.3) is 5.69 Å². The van der Waals surface area contributed by atoms with Gasteiger partial charge in [-0.2, -0.15) is 5.10 Å². The summed E-state index contributed by atoms with van der Waals surface area (Å²) in [6.45, 7) is 1.79. The van der Waals surface area contributed by atoms with Crippen LogP contribution in [0, 0.1) is 10.1 Å². The zero-order chi connectivity index (χ0) is 17.1. The molecule has 0 atom stereocenters. The Balaban J connectivity index is 1.88. The Morgan fingerprint density at radius 2 is 1.79 bits per heavy atom. The molecule has 24 heavy (non-hydrogen) atoms. The fraction of sp³-hybridized carbons (Fsp3) is 0.0625. The Hall–Kier alpha value is -3.06. The van der Waals surface area contributed by atoms with Gasteiger partial charge in [-0.05, 0) is 24.6 Å². The number of non-ortho nitro benzene ring substituents is 1. The van der Waals surface area contributed by atoms with Gasteiger partial charge in [-0.3, -0.25) is 15.5 Å². The van der Waals surface area contributed by atoms with E-state index in [0.717, 1.165) is 16.3 Å². The summed E-state index contributed by atoms with van der Waals surface area (Å²) in [5, 5.41) is 24.8. The Morgan fingerprint density at radius 3 is 2.46 bits per heavy atom. The van der Waals surface area contributed by atoms with Crippen LogP contribution in [0.25, 0.3) is 10.8 Å². The number of benzene rings is 2. The predicted octanol–water partition coefficient (Wildman–Crippen LogP) is 4.03. The number of nitro groups is 1. The fourth-order valence-electron chi connectivity index (χ4n) is 2.18. The number of nitrogens with zero attached hydrogens (tertiary/aromatic N) is 4. The van der Waals surface area contributed by atoms with E-state index in [1.807, 2.05) is 24.3 Å². The van der Waals surface area contributed by atoms with Gasteiger partial charge in [0.15, 0.2) is 11.0 Å². The summed E-state index contributed by atoms with van der Waals surface area (Å²) in [6.07, 6.45) is 0. The molecule has 2 aromatic carbocycles. The molecule has 7 nitrogen and oxygen atoms in total. The second kappa shape index (κ2) is 6.59. The summed E-state index contributed by atoms with van der Waals surface area (Å²) in [5.41, 5.74) is 4.33. The highest BCUT2D eigenvalue weighted by molar-refractivity contribution is 6.34. The molecular formula is C16H12ClN5O2. The average Bonchev–Trinajstić information content (AvgIpc) is 2.61. The van der Waals surface area contributed by atoms with Gasteiger partial charge >= 0.3 is 0 Å². The Morgan fingerprint density at radius 1 is 1.12 bits per heavy atom. The number of halogens is 1. The molecule has 1 heterocycles. The van der Waals surface area contributed by atoms with Crippen molar-refractivity contribution >= 4 is 39.6 Å². The molecule has 3 aromatic rings. The monoisotopic (exact) mass is 341 g/mol. The van der Waals surface area contributed by atoms with Crippen LogP contribution in [-0.2, 0) is 0 Å². The largest absolute Gasteiger partial charge is 0.269 e. The maximum Gasteiger partial charge on any atom is 0.269 e. The molecule has 0 saturated heterocycles. The van der Waals surface area contributed by atoms with Crippen molar-refractivity contribution in [2.75, 3.05) is 5.43 Å². The maximum absolute atomic E-state index is 10.7. The highest BCUT2D eigenvalue weighted by Crippen LogP contribution is 2.25. The van der Waals surface area contributed by atoms with E-state index in [0.29, 0.717) is 16.7 Å². The van der Waals surface area contributed by atoms with E-state index in [2.05, 4.69) is 20.7 Å². The molecule has 1 aromatic heterocycles. The molecule has 1 N–H and O–H groups in total. The third kappa shape index (κ3) is 3.16. The van der Waals surface area contributed by atoms with Gasteiger partial charge < -0.3 is 0 Å². The number of hydrogen-bond donors (Lipinski definition) is 1. The van der Waals surface area contributed by atoms with Crippen molar-refractivity contribution in [2.45, 2.75) is 6.92 Å². The third-order valence-corrected chi connectivity index (χ3v) is 3.75. The van der Waals surface area contributed by atoms with Crippen molar-refractivity contribution in [1.29, 1.82) is 0 Å². The first-order valence-corrected chi connectivity index (χ1v) is 7.40. The molecule has 0 aliphatic rings. The number of hydrazone groups is 1. The molecule has 0 amide bonds. The van der Waals surface area contributed by atoms with E-state index < -0.39 is 4.92 Å².